The zero-order valence-corrected chi connectivity index (χ0v) is 12.1. The van der Waals surface area contributed by atoms with Crippen molar-refractivity contribution in [3.63, 3.8) is 0 Å². The maximum atomic E-state index is 13.2. The number of nitrogens with one attached hydrogen (secondary N) is 1. The molecule has 2 rings (SSSR count). The molecular weight excluding hydrogens is 275 g/mol. The molecule has 1 aromatic carbocycles. The summed E-state index contributed by atoms with van der Waals surface area (Å²) in [6.07, 6.45) is 3.64. The summed E-state index contributed by atoms with van der Waals surface area (Å²) in [6.45, 7) is 6.58. The number of benzene rings is 1. The van der Waals surface area contributed by atoms with Crippen LogP contribution in [0.25, 0.3) is 0 Å². The SMILES string of the molecule is CC(C)(C)n1cc(CNc2ccc(F)c([N+](=O)[O-])c2)cn1. The van der Waals surface area contributed by atoms with E-state index in [4.69, 9.17) is 0 Å². The first kappa shape index (κ1) is 15.0. The molecule has 1 N–H and O–H groups in total. The predicted octanol–water partition coefficient (Wildman–Crippen LogP) is 3.30. The Hall–Kier alpha value is -2.44. The van der Waals surface area contributed by atoms with E-state index in [0.717, 1.165) is 11.6 Å². The Balaban J connectivity index is 2.08. The van der Waals surface area contributed by atoms with Crippen LogP contribution in [0.4, 0.5) is 15.8 Å². The van der Waals surface area contributed by atoms with Gasteiger partial charge in [0.1, 0.15) is 0 Å². The van der Waals surface area contributed by atoms with Crippen molar-refractivity contribution in [1.29, 1.82) is 0 Å². The maximum Gasteiger partial charge on any atom is 0.306 e. The van der Waals surface area contributed by atoms with Crippen molar-refractivity contribution in [3.8, 4) is 0 Å². The lowest BCUT2D eigenvalue weighted by Gasteiger charge is -2.18. The highest BCUT2D eigenvalue weighted by Crippen LogP contribution is 2.22. The van der Waals surface area contributed by atoms with Crippen LogP contribution in [0.5, 0.6) is 0 Å². The minimum Gasteiger partial charge on any atom is -0.381 e. The van der Waals surface area contributed by atoms with E-state index in [9.17, 15) is 14.5 Å². The van der Waals surface area contributed by atoms with Gasteiger partial charge in [-0.2, -0.15) is 9.49 Å². The molecule has 0 amide bonds. The molecule has 1 aromatic heterocycles. The van der Waals surface area contributed by atoms with E-state index >= 15 is 0 Å². The fourth-order valence-corrected chi connectivity index (χ4v) is 1.78. The van der Waals surface area contributed by atoms with E-state index in [1.165, 1.54) is 12.1 Å². The van der Waals surface area contributed by atoms with E-state index < -0.39 is 16.4 Å². The number of hydrogen-bond acceptors (Lipinski definition) is 4. The van der Waals surface area contributed by atoms with Crippen molar-refractivity contribution >= 4 is 11.4 Å². The van der Waals surface area contributed by atoms with Crippen LogP contribution in [0, 0.1) is 15.9 Å². The van der Waals surface area contributed by atoms with Crippen LogP contribution >= 0.6 is 0 Å². The molecule has 112 valence electrons. The van der Waals surface area contributed by atoms with Gasteiger partial charge in [-0.25, -0.2) is 0 Å². The van der Waals surface area contributed by atoms with Gasteiger partial charge >= 0.3 is 5.69 Å². The quantitative estimate of drug-likeness (QED) is 0.693. The normalized spacial score (nSPS) is 11.4. The number of anilines is 1. The molecule has 0 unspecified atom stereocenters. The highest BCUT2D eigenvalue weighted by molar-refractivity contribution is 5.51. The summed E-state index contributed by atoms with van der Waals surface area (Å²) < 4.78 is 15.1. The molecule has 0 bridgehead atoms. The molecule has 0 aliphatic rings. The average molecular weight is 292 g/mol. The average Bonchev–Trinajstić information content (AvgIpc) is 2.86. The fraction of sp³-hybridized carbons (Fsp3) is 0.357. The highest BCUT2D eigenvalue weighted by Gasteiger charge is 2.15. The second kappa shape index (κ2) is 5.51. The van der Waals surface area contributed by atoms with Crippen molar-refractivity contribution in [3.05, 3.63) is 52.1 Å². The topological polar surface area (TPSA) is 73.0 Å². The minimum atomic E-state index is -0.842. The van der Waals surface area contributed by atoms with Gasteiger partial charge in [0.15, 0.2) is 0 Å². The summed E-state index contributed by atoms with van der Waals surface area (Å²) >= 11 is 0. The molecule has 21 heavy (non-hydrogen) atoms. The zero-order valence-electron chi connectivity index (χ0n) is 12.1. The van der Waals surface area contributed by atoms with Crippen molar-refractivity contribution < 1.29 is 9.31 Å². The number of nitrogens with zero attached hydrogens (tertiary/aromatic N) is 3. The Morgan fingerprint density at radius 1 is 1.43 bits per heavy atom. The predicted molar refractivity (Wildman–Crippen MR) is 77.6 cm³/mol. The van der Waals surface area contributed by atoms with Gasteiger partial charge in [-0.15, -0.1) is 0 Å². The van der Waals surface area contributed by atoms with Crippen LogP contribution in [0.3, 0.4) is 0 Å². The molecule has 1 heterocycles. The van der Waals surface area contributed by atoms with E-state index in [-0.39, 0.29) is 5.54 Å². The summed E-state index contributed by atoms with van der Waals surface area (Å²) in [5.41, 5.74) is 0.793. The lowest BCUT2D eigenvalue weighted by atomic mass is 10.1. The van der Waals surface area contributed by atoms with Gasteiger partial charge in [0.05, 0.1) is 16.7 Å². The third kappa shape index (κ3) is 3.56. The molecule has 6 nitrogen and oxygen atoms in total. The Kier molecular flexibility index (Phi) is 3.93. The molecule has 2 aromatic rings. The van der Waals surface area contributed by atoms with Crippen molar-refractivity contribution in [2.45, 2.75) is 32.9 Å². The second-order valence-electron chi connectivity index (χ2n) is 5.74. The highest BCUT2D eigenvalue weighted by atomic mass is 19.1. The van der Waals surface area contributed by atoms with Crippen LogP contribution in [-0.2, 0) is 12.1 Å². The fourth-order valence-electron chi connectivity index (χ4n) is 1.78. The van der Waals surface area contributed by atoms with Crippen molar-refractivity contribution in [1.82, 2.24) is 9.78 Å². The maximum absolute atomic E-state index is 13.2. The zero-order chi connectivity index (χ0) is 15.6. The summed E-state index contributed by atoms with van der Waals surface area (Å²) in [4.78, 5) is 9.95. The number of hydrogen-bond donors (Lipinski definition) is 1. The monoisotopic (exact) mass is 292 g/mol. The van der Waals surface area contributed by atoms with Crippen LogP contribution in [-0.4, -0.2) is 14.7 Å². The number of aromatic nitrogens is 2. The van der Waals surface area contributed by atoms with E-state index in [1.54, 1.807) is 6.20 Å². The molecule has 7 heteroatoms. The summed E-state index contributed by atoms with van der Waals surface area (Å²) in [5.74, 6) is -0.842. The third-order valence-corrected chi connectivity index (χ3v) is 2.96. The van der Waals surface area contributed by atoms with Crippen LogP contribution in [0.2, 0.25) is 0 Å². The third-order valence-electron chi connectivity index (χ3n) is 2.96. The van der Waals surface area contributed by atoms with E-state index in [0.29, 0.717) is 12.2 Å². The molecule has 0 aliphatic carbocycles. The molecular formula is C14H17FN4O2. The van der Waals surface area contributed by atoms with Crippen LogP contribution < -0.4 is 5.32 Å². The van der Waals surface area contributed by atoms with Gasteiger partial charge in [-0.05, 0) is 32.9 Å². The summed E-state index contributed by atoms with van der Waals surface area (Å²) in [5, 5.41) is 18.0. The first-order chi connectivity index (χ1) is 9.77. The molecule has 0 spiro atoms. The Morgan fingerprint density at radius 3 is 2.71 bits per heavy atom. The Labute approximate surface area is 121 Å². The number of rotatable bonds is 4. The lowest BCUT2D eigenvalue weighted by Crippen LogP contribution is -2.21. The number of nitro groups is 1. The Morgan fingerprint density at radius 2 is 2.14 bits per heavy atom. The summed E-state index contributed by atoms with van der Waals surface area (Å²) in [6, 6.07) is 3.74. The molecule has 0 saturated carbocycles. The largest absolute Gasteiger partial charge is 0.381 e. The van der Waals surface area contributed by atoms with Gasteiger partial charge < -0.3 is 5.32 Å². The van der Waals surface area contributed by atoms with Crippen molar-refractivity contribution in [2.75, 3.05) is 5.32 Å². The van der Waals surface area contributed by atoms with Crippen LogP contribution in [0.1, 0.15) is 26.3 Å². The molecule has 0 fully saturated rings. The standard InChI is InChI=1S/C14H17FN4O2/c1-14(2,3)18-9-10(8-17-18)7-16-11-4-5-12(15)13(6-11)19(20)21/h4-6,8-9,16H,7H2,1-3H3. The van der Waals surface area contributed by atoms with Crippen LogP contribution in [0.15, 0.2) is 30.6 Å². The second-order valence-corrected chi connectivity index (χ2v) is 5.74. The lowest BCUT2D eigenvalue weighted by molar-refractivity contribution is -0.387. The Bertz CT molecular complexity index is 661. The molecule has 0 saturated heterocycles. The molecule has 0 radical (unpaired) electrons. The number of halogens is 1. The molecule has 0 atom stereocenters. The molecule has 0 aliphatic heterocycles. The van der Waals surface area contributed by atoms with E-state index in [1.807, 2.05) is 31.6 Å². The van der Waals surface area contributed by atoms with Gasteiger partial charge in [-0.1, -0.05) is 0 Å². The number of nitro benzene ring substituents is 1. The van der Waals surface area contributed by atoms with Gasteiger partial charge in [-0.3, -0.25) is 14.8 Å². The summed E-state index contributed by atoms with van der Waals surface area (Å²) in [7, 11) is 0. The first-order valence-corrected chi connectivity index (χ1v) is 6.49. The van der Waals surface area contributed by atoms with Gasteiger partial charge in [0.2, 0.25) is 5.82 Å². The first-order valence-electron chi connectivity index (χ1n) is 6.49. The minimum absolute atomic E-state index is 0.104. The smallest absolute Gasteiger partial charge is 0.306 e. The van der Waals surface area contributed by atoms with Gasteiger partial charge in [0, 0.05) is 30.1 Å². The van der Waals surface area contributed by atoms with Crippen molar-refractivity contribution in [2.24, 2.45) is 0 Å². The van der Waals surface area contributed by atoms with E-state index in [2.05, 4.69) is 10.4 Å². The van der Waals surface area contributed by atoms with Gasteiger partial charge in [0.25, 0.3) is 0 Å².